The van der Waals surface area contributed by atoms with Gasteiger partial charge in [-0.25, -0.2) is 0 Å². The van der Waals surface area contributed by atoms with Gasteiger partial charge in [0.2, 0.25) is 0 Å². The van der Waals surface area contributed by atoms with Gasteiger partial charge in [-0.2, -0.15) is 0 Å². The van der Waals surface area contributed by atoms with Crippen LogP contribution in [0.1, 0.15) is 56.6 Å². The molecule has 0 radical (unpaired) electrons. The molecule has 0 saturated heterocycles. The molecule has 1 rings (SSSR count). The molecule has 0 fully saturated rings. The van der Waals surface area contributed by atoms with Crippen LogP contribution in [-0.2, 0) is 12.0 Å². The largest absolute Gasteiger partial charge is 0.394 e. The molecule has 0 heterocycles. The van der Waals surface area contributed by atoms with Crippen LogP contribution in [0.3, 0.4) is 0 Å². The third-order valence-corrected chi connectivity index (χ3v) is 3.91. The van der Waals surface area contributed by atoms with E-state index in [4.69, 9.17) is 5.73 Å². The maximum atomic E-state index is 9.27. The lowest BCUT2D eigenvalue weighted by Crippen LogP contribution is -2.44. The third-order valence-electron chi connectivity index (χ3n) is 3.91. The summed E-state index contributed by atoms with van der Waals surface area (Å²) < 4.78 is 0. The van der Waals surface area contributed by atoms with Crippen molar-refractivity contribution >= 4 is 0 Å². The molecule has 0 aliphatic heterocycles. The normalized spacial score (nSPS) is 11.8. The van der Waals surface area contributed by atoms with Gasteiger partial charge in [0.1, 0.15) is 0 Å². The summed E-state index contributed by atoms with van der Waals surface area (Å²) >= 11 is 0. The second kappa shape index (κ2) is 9.11. The molecule has 0 amide bonds. The zero-order valence-electron chi connectivity index (χ0n) is 12.6. The van der Waals surface area contributed by atoms with Gasteiger partial charge >= 0.3 is 0 Å². The molecule has 0 saturated carbocycles. The minimum Gasteiger partial charge on any atom is -0.394 e. The lowest BCUT2D eigenvalue weighted by atomic mass is 9.91. The molecule has 0 unspecified atom stereocenters. The van der Waals surface area contributed by atoms with Gasteiger partial charge in [0.25, 0.3) is 0 Å². The molecule has 3 nitrogen and oxygen atoms in total. The van der Waals surface area contributed by atoms with Gasteiger partial charge in [-0.15, -0.1) is 0 Å². The Hall–Kier alpha value is -0.900. The zero-order chi connectivity index (χ0) is 14.8. The van der Waals surface area contributed by atoms with Crippen molar-refractivity contribution in [1.82, 2.24) is 0 Å². The molecule has 0 aliphatic rings. The predicted octanol–water partition coefficient (Wildman–Crippen LogP) is 2.73. The summed E-state index contributed by atoms with van der Waals surface area (Å²) in [6.07, 6.45) is 8.90. The molecule has 0 aliphatic carbocycles. The Morgan fingerprint density at radius 1 is 0.900 bits per heavy atom. The number of hydrogen-bond acceptors (Lipinski definition) is 3. The third kappa shape index (κ3) is 5.23. The summed E-state index contributed by atoms with van der Waals surface area (Å²) in [6.45, 7) is 1.73. The highest BCUT2D eigenvalue weighted by molar-refractivity contribution is 5.28. The topological polar surface area (TPSA) is 66.5 Å². The zero-order valence-corrected chi connectivity index (χ0v) is 12.6. The van der Waals surface area contributed by atoms with Gasteiger partial charge in [-0.05, 0) is 24.0 Å². The highest BCUT2D eigenvalue weighted by Crippen LogP contribution is 2.19. The summed E-state index contributed by atoms with van der Waals surface area (Å²) in [5.41, 5.74) is 6.99. The maximum Gasteiger partial charge on any atom is 0.0878 e. The van der Waals surface area contributed by atoms with E-state index in [9.17, 15) is 10.2 Å². The molecular weight excluding hydrogens is 250 g/mol. The Labute approximate surface area is 122 Å². The molecular formula is C17H29NO2. The minimum atomic E-state index is -1.03. The van der Waals surface area contributed by atoms with Crippen LogP contribution in [0, 0.1) is 0 Å². The van der Waals surface area contributed by atoms with Gasteiger partial charge < -0.3 is 15.9 Å². The predicted molar refractivity (Wildman–Crippen MR) is 83.6 cm³/mol. The minimum absolute atomic E-state index is 0.250. The average molecular weight is 279 g/mol. The van der Waals surface area contributed by atoms with Gasteiger partial charge in [0.05, 0.1) is 18.8 Å². The Morgan fingerprint density at radius 2 is 1.45 bits per heavy atom. The van der Waals surface area contributed by atoms with Crippen molar-refractivity contribution < 1.29 is 10.2 Å². The fourth-order valence-electron chi connectivity index (χ4n) is 2.35. The van der Waals surface area contributed by atoms with E-state index >= 15 is 0 Å². The number of aliphatic hydroxyl groups is 2. The van der Waals surface area contributed by atoms with Gasteiger partial charge in [-0.1, -0.05) is 63.3 Å². The van der Waals surface area contributed by atoms with E-state index in [0.29, 0.717) is 0 Å². The SMILES string of the molecule is CCCCCCCCc1ccc(C(N)(CO)CO)cc1. The number of aryl methyl sites for hydroxylation is 1. The highest BCUT2D eigenvalue weighted by Gasteiger charge is 2.25. The van der Waals surface area contributed by atoms with E-state index in [-0.39, 0.29) is 13.2 Å². The molecule has 0 aromatic heterocycles. The summed E-state index contributed by atoms with van der Waals surface area (Å²) in [5.74, 6) is 0. The van der Waals surface area contributed by atoms with Crippen molar-refractivity contribution in [2.24, 2.45) is 5.73 Å². The van der Waals surface area contributed by atoms with Crippen LogP contribution in [0.25, 0.3) is 0 Å². The van der Waals surface area contributed by atoms with Gasteiger partial charge in [0.15, 0.2) is 0 Å². The average Bonchev–Trinajstić information content (AvgIpc) is 2.50. The van der Waals surface area contributed by atoms with Crippen molar-refractivity contribution in [3.05, 3.63) is 35.4 Å². The van der Waals surface area contributed by atoms with E-state index < -0.39 is 5.54 Å². The van der Waals surface area contributed by atoms with E-state index in [1.807, 2.05) is 24.3 Å². The lowest BCUT2D eigenvalue weighted by Gasteiger charge is -2.25. The molecule has 20 heavy (non-hydrogen) atoms. The van der Waals surface area contributed by atoms with E-state index in [1.54, 1.807) is 0 Å². The van der Waals surface area contributed by atoms with E-state index in [1.165, 1.54) is 44.1 Å². The van der Waals surface area contributed by atoms with Crippen LogP contribution in [0.15, 0.2) is 24.3 Å². The van der Waals surface area contributed by atoms with Crippen LogP contribution >= 0.6 is 0 Å². The smallest absolute Gasteiger partial charge is 0.0878 e. The van der Waals surface area contributed by atoms with Crippen LogP contribution in [0.4, 0.5) is 0 Å². The Balaban J connectivity index is 2.39. The monoisotopic (exact) mass is 279 g/mol. The van der Waals surface area contributed by atoms with Crippen LogP contribution in [-0.4, -0.2) is 23.4 Å². The molecule has 1 aromatic rings. The van der Waals surface area contributed by atoms with Crippen LogP contribution in [0.5, 0.6) is 0 Å². The summed E-state index contributed by atoms with van der Waals surface area (Å²) in [6, 6.07) is 7.93. The second-order valence-electron chi connectivity index (χ2n) is 5.69. The quantitative estimate of drug-likeness (QED) is 0.577. The molecule has 1 aromatic carbocycles. The second-order valence-corrected chi connectivity index (χ2v) is 5.69. The summed E-state index contributed by atoms with van der Waals surface area (Å²) in [7, 11) is 0. The van der Waals surface area contributed by atoms with Crippen molar-refractivity contribution in [3.8, 4) is 0 Å². The number of benzene rings is 1. The fourth-order valence-corrected chi connectivity index (χ4v) is 2.35. The molecule has 4 N–H and O–H groups in total. The Morgan fingerprint density at radius 3 is 2.00 bits per heavy atom. The first-order valence-electron chi connectivity index (χ1n) is 7.76. The fraction of sp³-hybridized carbons (Fsp3) is 0.647. The number of hydrogen-bond donors (Lipinski definition) is 3. The highest BCUT2D eigenvalue weighted by atomic mass is 16.3. The molecule has 3 heteroatoms. The number of aliphatic hydroxyl groups excluding tert-OH is 2. The van der Waals surface area contributed by atoms with Crippen molar-refractivity contribution in [2.45, 2.75) is 57.4 Å². The number of rotatable bonds is 10. The summed E-state index contributed by atoms with van der Waals surface area (Å²) in [5, 5.41) is 18.5. The van der Waals surface area contributed by atoms with Gasteiger partial charge in [-0.3, -0.25) is 0 Å². The Kier molecular flexibility index (Phi) is 7.82. The molecule has 0 spiro atoms. The first kappa shape index (κ1) is 17.2. The molecule has 114 valence electrons. The molecule has 0 bridgehead atoms. The van der Waals surface area contributed by atoms with Crippen LogP contribution in [0.2, 0.25) is 0 Å². The molecule has 0 atom stereocenters. The van der Waals surface area contributed by atoms with E-state index in [2.05, 4.69) is 6.92 Å². The van der Waals surface area contributed by atoms with E-state index in [0.717, 1.165) is 12.0 Å². The first-order valence-corrected chi connectivity index (χ1v) is 7.76. The number of unbranched alkanes of at least 4 members (excludes halogenated alkanes) is 5. The van der Waals surface area contributed by atoms with Crippen molar-refractivity contribution in [2.75, 3.05) is 13.2 Å². The van der Waals surface area contributed by atoms with Crippen molar-refractivity contribution in [3.63, 3.8) is 0 Å². The Bertz CT molecular complexity index is 358. The summed E-state index contributed by atoms with van der Waals surface area (Å²) in [4.78, 5) is 0. The maximum absolute atomic E-state index is 9.27. The first-order chi connectivity index (χ1) is 9.66. The standard InChI is InChI=1S/C17H29NO2/c1-2-3-4-5-6-7-8-15-9-11-16(12-10-15)17(18,13-19)14-20/h9-12,19-20H,2-8,13-14,18H2,1H3. The van der Waals surface area contributed by atoms with Gasteiger partial charge in [0, 0.05) is 0 Å². The van der Waals surface area contributed by atoms with Crippen molar-refractivity contribution in [1.29, 1.82) is 0 Å². The van der Waals surface area contributed by atoms with Crippen LogP contribution < -0.4 is 5.73 Å². The number of nitrogens with two attached hydrogens (primary N) is 1. The lowest BCUT2D eigenvalue weighted by molar-refractivity contribution is 0.121.